The quantitative estimate of drug-likeness (QED) is 0.202. The van der Waals surface area contributed by atoms with E-state index in [0.717, 1.165) is 43.8 Å². The van der Waals surface area contributed by atoms with Crippen molar-refractivity contribution >= 4 is 73.7 Å². The molecule has 195 valence electrons. The first-order valence-electron chi connectivity index (χ1n) is 13.0. The van der Waals surface area contributed by atoms with Crippen LogP contribution in [0.1, 0.15) is 0 Å². The van der Waals surface area contributed by atoms with E-state index < -0.39 is 0 Å². The molecule has 0 aliphatic carbocycles. The minimum atomic E-state index is 0. The number of hydrogen-bond donors (Lipinski definition) is 2. The number of nitrogens with one attached hydrogen (secondary N) is 2. The Morgan fingerprint density at radius 2 is 0.571 bits per heavy atom. The molecule has 10 heteroatoms. The van der Waals surface area contributed by atoms with Gasteiger partial charge in [-0.3, -0.25) is 0 Å². The van der Waals surface area contributed by atoms with Crippen molar-refractivity contribution in [3.05, 3.63) is 97.1 Å². The van der Waals surface area contributed by atoms with Gasteiger partial charge in [-0.15, -0.1) is 0 Å². The number of benzene rings is 4. The van der Waals surface area contributed by atoms with Crippen molar-refractivity contribution in [2.75, 3.05) is 0 Å². The molecule has 0 unspecified atom stereocenters. The first-order chi connectivity index (χ1) is 19.8. The van der Waals surface area contributed by atoms with Crippen LogP contribution in [0.5, 0.6) is 0 Å². The minimum Gasteiger partial charge on any atom is -0.324 e. The van der Waals surface area contributed by atoms with E-state index in [2.05, 4.69) is 9.97 Å². The second-order valence-corrected chi connectivity index (χ2v) is 9.79. The molecule has 0 spiro atoms. The second-order valence-electron chi connectivity index (χ2n) is 9.79. The molecule has 8 bridgehead atoms. The van der Waals surface area contributed by atoms with E-state index in [1.54, 1.807) is 0 Å². The number of hydrogen-bond acceptors (Lipinski definition) is 6. The summed E-state index contributed by atoms with van der Waals surface area (Å²) in [6, 6.07) is 32.2. The van der Waals surface area contributed by atoms with Crippen LogP contribution in [0.3, 0.4) is 0 Å². The molecule has 42 heavy (non-hydrogen) atoms. The standard InChI is InChI=1S/C32H18N8.Mn.Na.H/c1-2-10-18-17(9-1)25-33-26(18)38-28-21-13-5-6-14-22(21)30(35-28)40-32-24-16-8-7-15-23(24)31(36-32)39-29-20-12-4-3-11-19(20)27(34-29)37-25;;;/h1-16H,(H2,33,34,35,36,37,38,39,40);;;. The Bertz CT molecular complexity index is 2040. The van der Waals surface area contributed by atoms with Crippen molar-refractivity contribution in [1.29, 1.82) is 0 Å². The SMILES string of the molecule is [Mn].[NaH].c1ccc2c(c1)-c1nc-2nc2[nH]c(nc3nc(nc4[nH]c(n1)c1ccccc41)-c1ccccc1-3)c1ccccc21. The molecule has 7 aromatic rings. The van der Waals surface area contributed by atoms with E-state index >= 15 is 0 Å². The Hall–Kier alpha value is -4.24. The van der Waals surface area contributed by atoms with Gasteiger partial charge in [-0.1, -0.05) is 97.1 Å². The summed E-state index contributed by atoms with van der Waals surface area (Å²) in [5.74, 6) is 2.39. The molecule has 2 N–H and O–H groups in total. The van der Waals surface area contributed by atoms with E-state index in [9.17, 15) is 0 Å². The molecule has 5 heterocycles. The molecule has 2 aliphatic rings. The molecule has 2 aliphatic heterocycles. The first-order valence-corrected chi connectivity index (χ1v) is 13.0. The topological polar surface area (TPSA) is 109 Å². The number of nitrogens with zero attached hydrogens (tertiary/aromatic N) is 6. The van der Waals surface area contributed by atoms with Crippen LogP contribution in [0.15, 0.2) is 97.1 Å². The van der Waals surface area contributed by atoms with Gasteiger partial charge in [0.2, 0.25) is 0 Å². The van der Waals surface area contributed by atoms with Crippen molar-refractivity contribution in [2.24, 2.45) is 0 Å². The van der Waals surface area contributed by atoms with Crippen LogP contribution in [-0.2, 0) is 17.1 Å². The normalized spacial score (nSPS) is 11.4. The van der Waals surface area contributed by atoms with Gasteiger partial charge in [0.15, 0.2) is 23.3 Å². The molecule has 4 aromatic carbocycles. The van der Waals surface area contributed by atoms with Crippen LogP contribution in [0.2, 0.25) is 0 Å². The van der Waals surface area contributed by atoms with E-state index in [1.165, 1.54) is 0 Å². The molecule has 0 fully saturated rings. The third kappa shape index (κ3) is 4.01. The summed E-state index contributed by atoms with van der Waals surface area (Å²) in [5, 5.41) is 3.82. The van der Waals surface area contributed by atoms with Gasteiger partial charge in [0, 0.05) is 60.9 Å². The Kier molecular flexibility index (Phi) is 6.50. The van der Waals surface area contributed by atoms with E-state index in [4.69, 9.17) is 29.9 Å². The van der Waals surface area contributed by atoms with Gasteiger partial charge in [0.25, 0.3) is 0 Å². The summed E-state index contributed by atoms with van der Waals surface area (Å²) in [7, 11) is 0. The van der Waals surface area contributed by atoms with Crippen LogP contribution >= 0.6 is 0 Å². The third-order valence-corrected chi connectivity index (χ3v) is 7.46. The molecule has 3 aromatic heterocycles. The Morgan fingerprint density at radius 1 is 0.333 bits per heavy atom. The van der Waals surface area contributed by atoms with Gasteiger partial charge >= 0.3 is 29.6 Å². The van der Waals surface area contributed by atoms with Gasteiger partial charge in [-0.05, 0) is 0 Å². The number of rotatable bonds is 0. The van der Waals surface area contributed by atoms with E-state index in [-0.39, 0.29) is 46.6 Å². The monoisotopic (exact) mass is 593 g/mol. The molecule has 8 nitrogen and oxygen atoms in total. The number of aromatic nitrogens is 8. The smallest absolute Gasteiger partial charge is 0.164 e. The van der Waals surface area contributed by atoms with Crippen LogP contribution in [-0.4, -0.2) is 69.4 Å². The van der Waals surface area contributed by atoms with Crippen LogP contribution < -0.4 is 0 Å². The van der Waals surface area contributed by atoms with E-state index in [0.29, 0.717) is 45.9 Å². The van der Waals surface area contributed by atoms with Crippen molar-refractivity contribution in [1.82, 2.24) is 39.9 Å². The average Bonchev–Trinajstić information content (AvgIpc) is 3.73. The second kappa shape index (κ2) is 10.2. The van der Waals surface area contributed by atoms with Crippen LogP contribution in [0.4, 0.5) is 0 Å². The maximum Gasteiger partial charge on any atom is 0.164 e. The summed E-state index contributed by atoms with van der Waals surface area (Å²) in [6.07, 6.45) is 0. The van der Waals surface area contributed by atoms with Crippen molar-refractivity contribution in [3.63, 3.8) is 0 Å². The number of aromatic amines is 2. The Labute approximate surface area is 271 Å². The predicted molar refractivity (Wildman–Crippen MR) is 163 cm³/mol. The van der Waals surface area contributed by atoms with Crippen LogP contribution in [0, 0.1) is 0 Å². The fourth-order valence-electron chi connectivity index (χ4n) is 5.59. The third-order valence-electron chi connectivity index (χ3n) is 7.46. The number of fused-ring (bicyclic) bond motifs is 20. The van der Waals surface area contributed by atoms with Gasteiger partial charge < -0.3 is 9.97 Å². The zero-order valence-corrected chi connectivity index (χ0v) is 22.5. The van der Waals surface area contributed by atoms with E-state index in [1.807, 2.05) is 97.1 Å². The van der Waals surface area contributed by atoms with Gasteiger partial charge in [-0.25, -0.2) is 29.9 Å². The van der Waals surface area contributed by atoms with Gasteiger partial charge in [0.05, 0.1) is 0 Å². The predicted octanol–water partition coefficient (Wildman–Crippen LogP) is 6.22. The van der Waals surface area contributed by atoms with Gasteiger partial charge in [0.1, 0.15) is 22.6 Å². The summed E-state index contributed by atoms with van der Waals surface area (Å²) < 4.78 is 0. The summed E-state index contributed by atoms with van der Waals surface area (Å²) >= 11 is 0. The summed E-state index contributed by atoms with van der Waals surface area (Å²) in [4.78, 5) is 36.8. The largest absolute Gasteiger partial charge is 0.324 e. The van der Waals surface area contributed by atoms with Crippen molar-refractivity contribution < 1.29 is 17.1 Å². The minimum absolute atomic E-state index is 0. The zero-order valence-electron chi connectivity index (χ0n) is 21.3. The molecule has 0 atom stereocenters. The van der Waals surface area contributed by atoms with Crippen LogP contribution in [0.25, 0.3) is 89.7 Å². The first kappa shape index (κ1) is 26.6. The fourth-order valence-corrected chi connectivity index (χ4v) is 5.59. The Balaban J connectivity index is 0.00000144. The summed E-state index contributed by atoms with van der Waals surface area (Å²) in [5.41, 5.74) is 6.45. The molecular weight excluding hydrogens is 574 g/mol. The summed E-state index contributed by atoms with van der Waals surface area (Å²) in [6.45, 7) is 0. The molecule has 0 saturated carbocycles. The van der Waals surface area contributed by atoms with Crippen molar-refractivity contribution in [2.45, 2.75) is 0 Å². The molecule has 0 saturated heterocycles. The molecule has 0 amide bonds. The molecule has 1 radical (unpaired) electrons. The molecule has 9 rings (SSSR count). The van der Waals surface area contributed by atoms with Crippen molar-refractivity contribution in [3.8, 4) is 45.6 Å². The Morgan fingerprint density at radius 3 is 0.833 bits per heavy atom. The number of H-pyrrole nitrogens is 2. The molecular formula is C32H19MnN8Na. The maximum atomic E-state index is 5.02. The van der Waals surface area contributed by atoms with Gasteiger partial charge in [-0.2, -0.15) is 0 Å². The maximum absolute atomic E-state index is 5.02. The fraction of sp³-hybridized carbons (Fsp3) is 0. The average molecular weight is 593 g/mol. The zero-order chi connectivity index (χ0) is 26.2.